The van der Waals surface area contributed by atoms with E-state index in [-0.39, 0.29) is 40.5 Å². The second kappa shape index (κ2) is 13.4. The molecule has 254 valence electrons. The van der Waals surface area contributed by atoms with Crippen molar-refractivity contribution in [1.29, 1.82) is 0 Å². The van der Waals surface area contributed by atoms with Gasteiger partial charge >= 0.3 is 6.09 Å². The lowest BCUT2D eigenvalue weighted by Gasteiger charge is -2.32. The van der Waals surface area contributed by atoms with Crippen molar-refractivity contribution < 1.29 is 22.7 Å². The Bertz CT molecular complexity index is 1930. The summed E-state index contributed by atoms with van der Waals surface area (Å²) in [4.78, 5) is 37.0. The number of amides is 2. The number of para-hydroxylation sites is 1. The minimum absolute atomic E-state index is 0.0503. The number of rotatable bonds is 7. The molecule has 2 unspecified atom stereocenters. The highest BCUT2D eigenvalue weighted by molar-refractivity contribution is 7.90. The van der Waals surface area contributed by atoms with E-state index in [1.807, 2.05) is 12.1 Å². The van der Waals surface area contributed by atoms with Gasteiger partial charge < -0.3 is 21.1 Å². The number of hydrogen-bond donors (Lipinski definition) is 3. The molecule has 2 fully saturated rings. The summed E-state index contributed by atoms with van der Waals surface area (Å²) in [7, 11) is -3.90. The number of carbonyl (C=O) groups is 2. The fraction of sp³-hybridized carbons (Fsp3) is 0.412. The van der Waals surface area contributed by atoms with Crippen LogP contribution in [0.4, 0.5) is 10.7 Å². The molecule has 14 heteroatoms. The van der Waals surface area contributed by atoms with Crippen molar-refractivity contribution in [1.82, 2.24) is 24.2 Å². The van der Waals surface area contributed by atoms with Crippen molar-refractivity contribution in [3.05, 3.63) is 72.0 Å². The van der Waals surface area contributed by atoms with E-state index in [1.165, 1.54) is 15.1 Å². The molecular weight excluding hydrogens is 654 g/mol. The molecule has 0 spiro atoms. The molecule has 2 aromatic heterocycles. The summed E-state index contributed by atoms with van der Waals surface area (Å²) >= 11 is 6.63. The average Bonchev–Trinajstić information content (AvgIpc) is 3.64. The number of hydrogen-bond acceptors (Lipinski definition) is 9. The third-order valence-electron chi connectivity index (χ3n) is 8.60. The number of nitrogens with two attached hydrogens (primary N) is 1. The van der Waals surface area contributed by atoms with E-state index in [1.54, 1.807) is 69.4 Å². The molecule has 1 saturated heterocycles. The Morgan fingerprint density at radius 1 is 1.02 bits per heavy atom. The van der Waals surface area contributed by atoms with Crippen LogP contribution >= 0.6 is 11.6 Å². The first-order valence-corrected chi connectivity index (χ1v) is 17.9. The van der Waals surface area contributed by atoms with Gasteiger partial charge in [0.25, 0.3) is 10.0 Å². The van der Waals surface area contributed by atoms with Crippen LogP contribution in [-0.4, -0.2) is 75.6 Å². The fourth-order valence-corrected chi connectivity index (χ4v) is 8.02. The zero-order chi connectivity index (χ0) is 34.2. The van der Waals surface area contributed by atoms with Crippen LogP contribution < -0.4 is 16.4 Å². The van der Waals surface area contributed by atoms with Crippen LogP contribution in [-0.2, 0) is 19.6 Å². The van der Waals surface area contributed by atoms with E-state index >= 15 is 0 Å². The predicted molar refractivity (Wildman–Crippen MR) is 184 cm³/mol. The Kier molecular flexibility index (Phi) is 9.38. The minimum atomic E-state index is -3.90. The number of nitrogens with zero attached hydrogens (tertiary/aromatic N) is 4. The molecule has 48 heavy (non-hydrogen) atoms. The van der Waals surface area contributed by atoms with Gasteiger partial charge in [0.1, 0.15) is 11.6 Å². The maximum absolute atomic E-state index is 13.6. The van der Waals surface area contributed by atoms with Crippen LogP contribution in [0, 0.1) is 0 Å². The zero-order valence-corrected chi connectivity index (χ0v) is 28.7. The molecule has 0 bridgehead atoms. The Morgan fingerprint density at radius 3 is 2.48 bits per heavy atom. The first-order valence-electron chi connectivity index (χ1n) is 16.1. The molecule has 4 atom stereocenters. The van der Waals surface area contributed by atoms with E-state index in [4.69, 9.17) is 27.1 Å². The Hall–Kier alpha value is -4.20. The third kappa shape index (κ3) is 7.13. The van der Waals surface area contributed by atoms with Gasteiger partial charge in [-0.1, -0.05) is 48.0 Å². The van der Waals surface area contributed by atoms with Gasteiger partial charge in [0.2, 0.25) is 11.9 Å². The average molecular weight is 694 g/mol. The number of benzene rings is 2. The molecule has 1 aliphatic heterocycles. The summed E-state index contributed by atoms with van der Waals surface area (Å²) in [5.74, 6) is 0.0957. The Balaban J connectivity index is 1.19. The molecular formula is C34H40ClN7O5S. The Labute approximate surface area is 285 Å². The highest BCUT2D eigenvalue weighted by atomic mass is 35.5. The molecule has 3 heterocycles. The third-order valence-corrected chi connectivity index (χ3v) is 10.6. The van der Waals surface area contributed by atoms with Crippen molar-refractivity contribution in [2.24, 2.45) is 5.73 Å². The van der Waals surface area contributed by atoms with E-state index in [2.05, 4.69) is 15.6 Å². The van der Waals surface area contributed by atoms with Gasteiger partial charge in [-0.25, -0.2) is 27.2 Å². The molecule has 1 aliphatic carbocycles. The molecule has 4 aromatic rings. The van der Waals surface area contributed by atoms with Crippen molar-refractivity contribution in [3.8, 4) is 11.3 Å². The Morgan fingerprint density at radius 2 is 1.73 bits per heavy atom. The monoisotopic (exact) mass is 693 g/mol. The lowest BCUT2D eigenvalue weighted by molar-refractivity contribution is -0.126. The number of nitrogens with one attached hydrogen (secondary N) is 2. The molecule has 6 rings (SSSR count). The lowest BCUT2D eigenvalue weighted by atomic mass is 9.90. The van der Waals surface area contributed by atoms with Gasteiger partial charge in [0, 0.05) is 41.8 Å². The topological polar surface area (TPSA) is 162 Å². The second-order valence-corrected chi connectivity index (χ2v) is 15.6. The van der Waals surface area contributed by atoms with Gasteiger partial charge in [-0.05, 0) is 71.1 Å². The number of carbonyl (C=O) groups excluding carboxylic acids is 2. The minimum Gasteiger partial charge on any atom is -0.444 e. The van der Waals surface area contributed by atoms with Crippen LogP contribution in [0.1, 0.15) is 52.9 Å². The summed E-state index contributed by atoms with van der Waals surface area (Å²) in [6, 6.07) is 14.3. The standard InChI is InChI=1S/C34H40ClN7O5S/c1-34(2,3)47-33(44)41-19-21(36)16-29(41)31(43)38-22-10-9-11-23(17-22)39-32-37-18-27(35)30(40-32)26-20-42(28-15-8-7-14-25(26)28)48(45,46)24-12-5-4-6-13-24/h4-8,12-15,18,20-23,29H,9-11,16-17,19,36H2,1-3H3,(H,38,43)(H,37,39,40)/t21?,22-,23+,29?/m0/s1. The van der Waals surface area contributed by atoms with E-state index < -0.39 is 27.8 Å². The van der Waals surface area contributed by atoms with Gasteiger partial charge in [-0.15, -0.1) is 0 Å². The summed E-state index contributed by atoms with van der Waals surface area (Å²) in [5, 5.41) is 7.49. The number of ether oxygens (including phenoxy) is 1. The fourth-order valence-electron chi connectivity index (χ4n) is 6.44. The quantitative estimate of drug-likeness (QED) is 0.237. The summed E-state index contributed by atoms with van der Waals surface area (Å²) in [5.41, 5.74) is 6.91. The van der Waals surface area contributed by atoms with E-state index in [0.717, 1.165) is 19.3 Å². The van der Waals surface area contributed by atoms with Gasteiger partial charge in [0.05, 0.1) is 27.3 Å². The highest BCUT2D eigenvalue weighted by Gasteiger charge is 2.41. The maximum atomic E-state index is 13.6. The first kappa shape index (κ1) is 33.7. The van der Waals surface area contributed by atoms with Gasteiger partial charge in [-0.2, -0.15) is 0 Å². The second-order valence-electron chi connectivity index (χ2n) is 13.4. The van der Waals surface area contributed by atoms with Crippen molar-refractivity contribution in [3.63, 3.8) is 0 Å². The number of likely N-dealkylation sites (tertiary alicyclic amines) is 1. The number of halogens is 1. The first-order chi connectivity index (χ1) is 22.8. The van der Waals surface area contributed by atoms with Crippen LogP contribution in [0.2, 0.25) is 5.02 Å². The van der Waals surface area contributed by atoms with Crippen LogP contribution in [0.5, 0.6) is 0 Å². The van der Waals surface area contributed by atoms with Crippen LogP contribution in [0.15, 0.2) is 71.9 Å². The molecule has 4 N–H and O–H groups in total. The van der Waals surface area contributed by atoms with Crippen molar-refractivity contribution in [2.45, 2.75) is 87.5 Å². The summed E-state index contributed by atoms with van der Waals surface area (Å²) < 4.78 is 34.1. The summed E-state index contributed by atoms with van der Waals surface area (Å²) in [6.07, 6.45) is 5.96. The summed E-state index contributed by atoms with van der Waals surface area (Å²) in [6.45, 7) is 5.61. The van der Waals surface area contributed by atoms with E-state index in [9.17, 15) is 18.0 Å². The SMILES string of the molecule is CC(C)(C)OC(=O)N1CC(N)CC1C(=O)N[C@H]1CCC[C@@H](Nc2ncc(Cl)c(-c3cn(S(=O)(=O)c4ccccc4)c4ccccc34)n2)C1. The van der Waals surface area contributed by atoms with Gasteiger partial charge in [0.15, 0.2) is 0 Å². The molecule has 2 amide bonds. The van der Waals surface area contributed by atoms with Gasteiger partial charge in [-0.3, -0.25) is 9.69 Å². The van der Waals surface area contributed by atoms with Crippen molar-refractivity contribution in [2.75, 3.05) is 11.9 Å². The number of aromatic nitrogens is 3. The van der Waals surface area contributed by atoms with Crippen molar-refractivity contribution >= 4 is 50.5 Å². The maximum Gasteiger partial charge on any atom is 0.411 e. The number of anilines is 1. The molecule has 2 aliphatic rings. The van der Waals surface area contributed by atoms with E-state index in [0.29, 0.717) is 41.0 Å². The normalized spacial score (nSPS) is 21.6. The van der Waals surface area contributed by atoms with Crippen LogP contribution in [0.3, 0.4) is 0 Å². The molecule has 2 aromatic carbocycles. The molecule has 1 saturated carbocycles. The zero-order valence-electron chi connectivity index (χ0n) is 27.1. The lowest BCUT2D eigenvalue weighted by Crippen LogP contribution is -2.51. The largest absolute Gasteiger partial charge is 0.444 e. The molecule has 0 radical (unpaired) electrons. The number of fused-ring (bicyclic) bond motifs is 1. The highest BCUT2D eigenvalue weighted by Crippen LogP contribution is 2.36. The van der Waals surface area contributed by atoms with Crippen LogP contribution in [0.25, 0.3) is 22.2 Å². The predicted octanol–water partition coefficient (Wildman–Crippen LogP) is 5.16. The smallest absolute Gasteiger partial charge is 0.411 e. The molecule has 12 nitrogen and oxygen atoms in total.